The third-order valence-corrected chi connectivity index (χ3v) is 8.04. The molecule has 5 heterocycles. The van der Waals surface area contributed by atoms with Gasteiger partial charge in [-0.25, -0.2) is 4.98 Å². The molecule has 0 saturated carbocycles. The normalized spacial score (nSPS) is 21.3. The van der Waals surface area contributed by atoms with Gasteiger partial charge in [0.15, 0.2) is 17.5 Å². The number of piperidine rings is 1. The lowest BCUT2D eigenvalue weighted by molar-refractivity contribution is -0.147. The van der Waals surface area contributed by atoms with Crippen LogP contribution in [0.1, 0.15) is 54.6 Å². The summed E-state index contributed by atoms with van der Waals surface area (Å²) in [4.78, 5) is 36.9. The van der Waals surface area contributed by atoms with Crippen LogP contribution in [0.15, 0.2) is 54.9 Å². The maximum atomic E-state index is 12.8. The molecule has 39 heavy (non-hydrogen) atoms. The molecule has 2 unspecified atom stereocenters. The number of carbonyl (C=O) groups is 2. The highest BCUT2D eigenvalue weighted by molar-refractivity contribution is 6.00. The first kappa shape index (κ1) is 25.1. The molecule has 4 atom stereocenters. The highest BCUT2D eigenvalue weighted by atomic mass is 16.3. The SMILES string of the molecule is CC(=O)c1c(C2C[C@H]3CC[C@@H](C2)N3C(=O)C(O)CO)nc2c(-c3ccc(-c4ccccc4)nc3)cnn2c1N. The molecule has 2 fully saturated rings. The van der Waals surface area contributed by atoms with E-state index < -0.39 is 18.6 Å². The Kier molecular flexibility index (Phi) is 6.36. The third kappa shape index (κ3) is 4.25. The molecule has 1 amide bonds. The van der Waals surface area contributed by atoms with Gasteiger partial charge in [0.2, 0.25) is 0 Å². The average Bonchev–Trinajstić information content (AvgIpc) is 3.50. The number of ketones is 1. The van der Waals surface area contributed by atoms with Crippen molar-refractivity contribution in [1.29, 1.82) is 0 Å². The number of benzene rings is 1. The summed E-state index contributed by atoms with van der Waals surface area (Å²) in [6.07, 6.45) is 4.85. The molecule has 4 aromatic rings. The summed E-state index contributed by atoms with van der Waals surface area (Å²) in [5.74, 6) is -0.485. The number of nitrogen functional groups attached to an aromatic ring is 1. The maximum Gasteiger partial charge on any atom is 0.254 e. The molecular weight excluding hydrogens is 496 g/mol. The van der Waals surface area contributed by atoms with E-state index in [2.05, 4.69) is 10.1 Å². The average molecular weight is 527 g/mol. The summed E-state index contributed by atoms with van der Waals surface area (Å²) < 4.78 is 1.51. The smallest absolute Gasteiger partial charge is 0.254 e. The van der Waals surface area contributed by atoms with Crippen molar-refractivity contribution >= 4 is 23.2 Å². The summed E-state index contributed by atoms with van der Waals surface area (Å²) in [5, 5.41) is 23.7. The molecule has 4 N–H and O–H groups in total. The van der Waals surface area contributed by atoms with Crippen LogP contribution in [0, 0.1) is 0 Å². The number of hydrogen-bond acceptors (Lipinski definition) is 8. The van der Waals surface area contributed by atoms with Crippen LogP contribution in [-0.2, 0) is 4.79 Å². The van der Waals surface area contributed by atoms with Gasteiger partial charge in [-0.15, -0.1) is 0 Å². The minimum absolute atomic E-state index is 0.0923. The summed E-state index contributed by atoms with van der Waals surface area (Å²) in [5.41, 5.74) is 11.5. The van der Waals surface area contributed by atoms with Crippen LogP contribution in [-0.4, -0.2) is 71.2 Å². The van der Waals surface area contributed by atoms with Crippen LogP contribution in [0.5, 0.6) is 0 Å². The van der Waals surface area contributed by atoms with Gasteiger partial charge in [0.25, 0.3) is 5.91 Å². The van der Waals surface area contributed by atoms with Gasteiger partial charge in [-0.05, 0) is 38.7 Å². The first-order valence-corrected chi connectivity index (χ1v) is 13.2. The molecule has 6 rings (SSSR count). The Morgan fingerprint density at radius 3 is 2.38 bits per heavy atom. The Bertz CT molecular complexity index is 1540. The summed E-state index contributed by atoms with van der Waals surface area (Å²) >= 11 is 0. The van der Waals surface area contributed by atoms with Crippen molar-refractivity contribution in [2.45, 2.75) is 56.7 Å². The summed E-state index contributed by atoms with van der Waals surface area (Å²) in [6.45, 7) is 0.872. The van der Waals surface area contributed by atoms with Gasteiger partial charge in [0.1, 0.15) is 5.82 Å². The number of nitrogens with two attached hydrogens (primary N) is 1. The number of Topliss-reactive ketones (excluding diaryl/α,β-unsaturated/α-hetero) is 1. The molecule has 0 aliphatic carbocycles. The van der Waals surface area contributed by atoms with Crippen molar-refractivity contribution in [2.75, 3.05) is 12.3 Å². The van der Waals surface area contributed by atoms with Gasteiger partial charge in [-0.1, -0.05) is 36.4 Å². The van der Waals surface area contributed by atoms with Crippen LogP contribution in [0.25, 0.3) is 28.0 Å². The van der Waals surface area contributed by atoms with E-state index in [-0.39, 0.29) is 29.6 Å². The molecule has 1 aromatic carbocycles. The van der Waals surface area contributed by atoms with Gasteiger partial charge in [-0.2, -0.15) is 9.61 Å². The Morgan fingerprint density at radius 2 is 1.77 bits per heavy atom. The molecular formula is C29H30N6O4. The number of carbonyl (C=O) groups excluding carboxylic acids is 2. The number of hydrogen-bond donors (Lipinski definition) is 3. The van der Waals surface area contributed by atoms with Gasteiger partial charge in [0, 0.05) is 40.9 Å². The van der Waals surface area contributed by atoms with E-state index in [1.54, 1.807) is 17.3 Å². The van der Waals surface area contributed by atoms with Crippen LogP contribution in [0.2, 0.25) is 0 Å². The highest BCUT2D eigenvalue weighted by Gasteiger charge is 2.46. The van der Waals surface area contributed by atoms with E-state index in [0.29, 0.717) is 29.7 Å². The molecule has 0 radical (unpaired) electrons. The van der Waals surface area contributed by atoms with Crippen molar-refractivity contribution < 1.29 is 19.8 Å². The minimum atomic E-state index is -1.42. The largest absolute Gasteiger partial charge is 0.393 e. The van der Waals surface area contributed by atoms with Crippen LogP contribution >= 0.6 is 0 Å². The zero-order chi connectivity index (χ0) is 27.3. The number of aliphatic hydroxyl groups excluding tert-OH is 2. The van der Waals surface area contributed by atoms with E-state index in [4.69, 9.17) is 10.7 Å². The second kappa shape index (κ2) is 9.87. The lowest BCUT2D eigenvalue weighted by Crippen LogP contribution is -2.51. The number of fused-ring (bicyclic) bond motifs is 3. The fraction of sp³-hybridized carbons (Fsp3) is 0.345. The van der Waals surface area contributed by atoms with Crippen molar-refractivity contribution in [3.63, 3.8) is 0 Å². The number of rotatable bonds is 6. The zero-order valence-electron chi connectivity index (χ0n) is 21.6. The quantitative estimate of drug-likeness (QED) is 0.325. The predicted molar refractivity (Wildman–Crippen MR) is 145 cm³/mol. The lowest BCUT2D eigenvalue weighted by Gasteiger charge is -2.40. The van der Waals surface area contributed by atoms with E-state index in [9.17, 15) is 19.8 Å². The number of pyridine rings is 1. The Morgan fingerprint density at radius 1 is 1.05 bits per heavy atom. The van der Waals surface area contributed by atoms with Crippen LogP contribution in [0.3, 0.4) is 0 Å². The molecule has 3 aromatic heterocycles. The fourth-order valence-electron chi connectivity index (χ4n) is 6.24. The van der Waals surface area contributed by atoms with Crippen molar-refractivity contribution in [1.82, 2.24) is 24.5 Å². The second-order valence-corrected chi connectivity index (χ2v) is 10.4. The van der Waals surface area contributed by atoms with Crippen LogP contribution < -0.4 is 5.73 Å². The first-order chi connectivity index (χ1) is 18.9. The van der Waals surface area contributed by atoms with Gasteiger partial charge < -0.3 is 20.8 Å². The number of aromatic nitrogens is 4. The topological polar surface area (TPSA) is 147 Å². The Labute approximate surface area is 225 Å². The van der Waals surface area contributed by atoms with E-state index in [0.717, 1.165) is 35.2 Å². The molecule has 2 saturated heterocycles. The van der Waals surface area contributed by atoms with E-state index >= 15 is 0 Å². The molecule has 200 valence electrons. The van der Waals surface area contributed by atoms with Crippen molar-refractivity contribution in [2.24, 2.45) is 0 Å². The standard InChI is InChI=1S/C29H30N6O4/c1-16(37)25-26(19-11-20-8-9-21(12-19)34(20)29(39)24(38)15-36)33-28-22(14-32-35(28)27(25)30)18-7-10-23(31-13-18)17-5-3-2-4-6-17/h2-7,10,13-14,19-21,24,36,38H,8-9,11-12,15,30H2,1H3/t19?,20-,21+,24?. The predicted octanol–water partition coefficient (Wildman–Crippen LogP) is 2.83. The number of nitrogens with zero attached hydrogens (tertiary/aromatic N) is 5. The van der Waals surface area contributed by atoms with Gasteiger partial charge in [-0.3, -0.25) is 14.6 Å². The van der Waals surface area contributed by atoms with E-state index in [1.165, 1.54) is 11.4 Å². The molecule has 2 aliphatic heterocycles. The summed E-state index contributed by atoms with van der Waals surface area (Å²) in [7, 11) is 0. The van der Waals surface area contributed by atoms with Gasteiger partial charge >= 0.3 is 0 Å². The number of aliphatic hydroxyl groups is 2. The van der Waals surface area contributed by atoms with Crippen molar-refractivity contribution in [3.05, 3.63) is 66.1 Å². The minimum Gasteiger partial charge on any atom is -0.393 e. The third-order valence-electron chi connectivity index (χ3n) is 8.04. The first-order valence-electron chi connectivity index (χ1n) is 13.2. The lowest BCUT2D eigenvalue weighted by atomic mass is 9.85. The fourth-order valence-corrected chi connectivity index (χ4v) is 6.24. The van der Waals surface area contributed by atoms with Crippen molar-refractivity contribution in [3.8, 4) is 22.4 Å². The molecule has 10 nitrogen and oxygen atoms in total. The van der Waals surface area contributed by atoms with Gasteiger partial charge in [0.05, 0.1) is 29.8 Å². The Balaban J connectivity index is 1.38. The number of amides is 1. The summed E-state index contributed by atoms with van der Waals surface area (Å²) in [6, 6.07) is 13.6. The van der Waals surface area contributed by atoms with E-state index in [1.807, 2.05) is 42.5 Å². The Hall–Kier alpha value is -4.15. The van der Waals surface area contributed by atoms with Crippen LogP contribution in [0.4, 0.5) is 5.82 Å². The highest BCUT2D eigenvalue weighted by Crippen LogP contribution is 2.44. The molecule has 2 bridgehead atoms. The monoisotopic (exact) mass is 526 g/mol. The number of anilines is 1. The molecule has 2 aliphatic rings. The molecule has 10 heteroatoms. The molecule has 0 spiro atoms. The second-order valence-electron chi connectivity index (χ2n) is 10.4. The maximum absolute atomic E-state index is 12.8. The zero-order valence-corrected chi connectivity index (χ0v) is 21.6.